The minimum Gasteiger partial charge on any atom is -0.351 e. The first-order valence-corrected chi connectivity index (χ1v) is 11.7. The van der Waals surface area contributed by atoms with Crippen molar-refractivity contribution in [3.05, 3.63) is 17.5 Å². The van der Waals surface area contributed by atoms with Gasteiger partial charge in [0, 0.05) is 44.0 Å². The van der Waals surface area contributed by atoms with E-state index in [-0.39, 0.29) is 17.2 Å². The van der Waals surface area contributed by atoms with Crippen molar-refractivity contribution in [1.82, 2.24) is 24.3 Å². The molecule has 3 heterocycles. The minimum atomic E-state index is -3.21. The van der Waals surface area contributed by atoms with E-state index in [2.05, 4.69) is 15.3 Å². The molecular weight excluding hydrogens is 378 g/mol. The molecule has 1 amide bonds. The van der Waals surface area contributed by atoms with Crippen molar-refractivity contribution in [2.24, 2.45) is 12.5 Å². The number of aryl methyl sites for hydroxylation is 1. The number of carbonyl (C=O) groups excluding carboxylic acids is 1. The molecule has 1 aromatic rings. The molecule has 1 N–H and O–H groups in total. The fraction of sp³-hybridized carbons (Fsp3) is 0.789. The van der Waals surface area contributed by atoms with Gasteiger partial charge in [-0.15, -0.1) is 0 Å². The number of nitrogens with one attached hydrogen (secondary N) is 1. The second-order valence-corrected chi connectivity index (χ2v) is 10.9. The summed E-state index contributed by atoms with van der Waals surface area (Å²) in [4.78, 5) is 15.5. The van der Waals surface area contributed by atoms with Crippen molar-refractivity contribution in [3.63, 3.8) is 0 Å². The summed E-state index contributed by atoms with van der Waals surface area (Å²) in [6.45, 7) is 4.22. The zero-order valence-corrected chi connectivity index (χ0v) is 17.8. The molecule has 3 aliphatic rings. The monoisotopic (exact) mass is 409 g/mol. The highest BCUT2D eigenvalue weighted by molar-refractivity contribution is 7.90. The van der Waals surface area contributed by atoms with E-state index in [1.165, 1.54) is 0 Å². The lowest BCUT2D eigenvalue weighted by Crippen LogP contribution is -2.65. The van der Waals surface area contributed by atoms with E-state index >= 15 is 0 Å². The van der Waals surface area contributed by atoms with Crippen LogP contribution in [0.4, 0.5) is 0 Å². The lowest BCUT2D eigenvalue weighted by Gasteiger charge is -2.52. The largest absolute Gasteiger partial charge is 0.351 e. The maximum absolute atomic E-state index is 13.4. The molecule has 1 aliphatic carbocycles. The summed E-state index contributed by atoms with van der Waals surface area (Å²) in [5.41, 5.74) is 1.54. The van der Waals surface area contributed by atoms with Gasteiger partial charge in [0.2, 0.25) is 15.9 Å². The van der Waals surface area contributed by atoms with E-state index in [0.717, 1.165) is 43.5 Å². The molecule has 2 aliphatic heterocycles. The van der Waals surface area contributed by atoms with Gasteiger partial charge < -0.3 is 10.2 Å². The number of piperidine rings is 2. The van der Waals surface area contributed by atoms with Gasteiger partial charge in [0.05, 0.1) is 16.9 Å². The summed E-state index contributed by atoms with van der Waals surface area (Å²) in [6.07, 6.45) is 5.71. The van der Waals surface area contributed by atoms with Gasteiger partial charge in [-0.2, -0.15) is 5.10 Å². The maximum Gasteiger partial charge on any atom is 0.228 e. The summed E-state index contributed by atoms with van der Waals surface area (Å²) in [6, 6.07) is -0.0708. The van der Waals surface area contributed by atoms with Crippen LogP contribution >= 0.6 is 0 Å². The predicted octanol–water partition coefficient (Wildman–Crippen LogP) is 0.623. The Labute approximate surface area is 167 Å². The van der Waals surface area contributed by atoms with Crippen molar-refractivity contribution in [1.29, 1.82) is 0 Å². The Hall–Kier alpha value is -1.45. The molecule has 3 fully saturated rings. The van der Waals surface area contributed by atoms with Gasteiger partial charge in [-0.1, -0.05) is 0 Å². The van der Waals surface area contributed by atoms with Crippen LogP contribution in [-0.4, -0.2) is 71.3 Å². The predicted molar refractivity (Wildman–Crippen MR) is 106 cm³/mol. The van der Waals surface area contributed by atoms with E-state index in [1.54, 1.807) is 15.2 Å². The number of rotatable bonds is 5. The summed E-state index contributed by atoms with van der Waals surface area (Å²) in [5, 5.41) is 7.18. The smallest absolute Gasteiger partial charge is 0.228 e. The Morgan fingerprint density at radius 1 is 1.29 bits per heavy atom. The molecule has 4 rings (SSSR count). The number of sulfonamides is 1. The first kappa shape index (κ1) is 19.8. The van der Waals surface area contributed by atoms with Crippen molar-refractivity contribution in [2.75, 3.05) is 26.7 Å². The molecule has 1 saturated carbocycles. The van der Waals surface area contributed by atoms with Crippen molar-refractivity contribution in [3.8, 4) is 0 Å². The van der Waals surface area contributed by atoms with Gasteiger partial charge in [0.15, 0.2) is 0 Å². The highest BCUT2D eigenvalue weighted by Gasteiger charge is 2.54. The Morgan fingerprint density at radius 3 is 2.68 bits per heavy atom. The number of likely N-dealkylation sites (N-methyl/N-ethyl adjacent to an activating group) is 1. The van der Waals surface area contributed by atoms with Crippen LogP contribution in [0.25, 0.3) is 0 Å². The highest BCUT2D eigenvalue weighted by atomic mass is 32.2. The maximum atomic E-state index is 13.4. The van der Waals surface area contributed by atoms with Gasteiger partial charge in [-0.05, 0) is 52.6 Å². The van der Waals surface area contributed by atoms with Crippen LogP contribution in [0.5, 0.6) is 0 Å². The van der Waals surface area contributed by atoms with Gasteiger partial charge in [0.1, 0.15) is 0 Å². The minimum absolute atomic E-state index is 0.0516. The van der Waals surface area contributed by atoms with Crippen LogP contribution in [-0.2, 0) is 28.4 Å². The quantitative estimate of drug-likeness (QED) is 0.770. The molecule has 2 atom stereocenters. The number of amides is 1. The van der Waals surface area contributed by atoms with E-state index in [9.17, 15) is 13.2 Å². The normalized spacial score (nSPS) is 29.5. The van der Waals surface area contributed by atoms with Crippen LogP contribution in [0.15, 0.2) is 6.20 Å². The van der Waals surface area contributed by atoms with Crippen LogP contribution in [0.1, 0.15) is 43.4 Å². The summed E-state index contributed by atoms with van der Waals surface area (Å²) in [5.74, 6) is 0.0516. The average molecular weight is 410 g/mol. The van der Waals surface area contributed by atoms with E-state index in [4.69, 9.17) is 0 Å². The van der Waals surface area contributed by atoms with Crippen molar-refractivity contribution < 1.29 is 13.2 Å². The van der Waals surface area contributed by atoms with Gasteiger partial charge in [-0.25, -0.2) is 12.7 Å². The fourth-order valence-corrected chi connectivity index (χ4v) is 6.71. The van der Waals surface area contributed by atoms with Crippen LogP contribution < -0.4 is 5.32 Å². The molecule has 28 heavy (non-hydrogen) atoms. The second-order valence-electron chi connectivity index (χ2n) is 8.67. The number of aromatic nitrogens is 2. The Bertz CT molecular complexity index is 863. The lowest BCUT2D eigenvalue weighted by molar-refractivity contribution is -0.142. The number of nitrogens with zero attached hydrogens (tertiary/aromatic N) is 4. The zero-order valence-electron chi connectivity index (χ0n) is 17.0. The van der Waals surface area contributed by atoms with E-state index in [0.29, 0.717) is 26.1 Å². The average Bonchev–Trinajstić information content (AvgIpc) is 3.48. The zero-order chi connectivity index (χ0) is 20.1. The number of likely N-dealkylation sites (tertiary alicyclic amines) is 1. The first-order valence-electron chi connectivity index (χ1n) is 10.2. The van der Waals surface area contributed by atoms with Crippen LogP contribution in [0.2, 0.25) is 0 Å². The van der Waals surface area contributed by atoms with Gasteiger partial charge >= 0.3 is 0 Å². The first-order chi connectivity index (χ1) is 13.3. The Balaban J connectivity index is 1.52. The van der Waals surface area contributed by atoms with E-state index < -0.39 is 15.4 Å². The third-order valence-corrected chi connectivity index (χ3v) is 9.39. The van der Waals surface area contributed by atoms with E-state index in [1.807, 2.05) is 21.0 Å². The number of carbonyl (C=O) groups is 1. The number of fused-ring (bicyclic) bond motifs is 1. The third kappa shape index (κ3) is 3.27. The number of hydrogen-bond acceptors (Lipinski definition) is 5. The molecule has 0 bridgehead atoms. The highest BCUT2D eigenvalue weighted by Crippen LogP contribution is 2.44. The fourth-order valence-electron chi connectivity index (χ4n) is 4.86. The molecule has 0 radical (unpaired) electrons. The molecule has 0 unspecified atom stereocenters. The molecule has 0 spiro atoms. The van der Waals surface area contributed by atoms with Gasteiger partial charge in [-0.3, -0.25) is 9.48 Å². The number of hydrogen-bond donors (Lipinski definition) is 1. The molecule has 0 aromatic carbocycles. The molecule has 9 heteroatoms. The molecular formula is C19H31N5O3S. The third-order valence-electron chi connectivity index (χ3n) is 7.02. The standard InChI is InChI=1S/C19H31N5O3S/c1-14-15(12-21-23(14)3)11-20-18(25)19-7-4-9-22(2)17(19)13-24(10-8-19)28(26,27)16-5-6-16/h12,16-17H,4-11,13H2,1-3H3,(H,20,25)/t17-,19+/m0/s1. The second kappa shape index (κ2) is 7.11. The Morgan fingerprint density at radius 2 is 2.04 bits per heavy atom. The summed E-state index contributed by atoms with van der Waals surface area (Å²) < 4.78 is 29.0. The SMILES string of the molecule is Cc1c(CNC(=O)[C@@]23CCCN(C)[C@H]2CN(S(=O)(=O)C2CC2)CC3)cnn1C. The molecule has 1 aromatic heterocycles. The molecule has 8 nitrogen and oxygen atoms in total. The van der Waals surface area contributed by atoms with Crippen molar-refractivity contribution >= 4 is 15.9 Å². The van der Waals surface area contributed by atoms with Crippen LogP contribution in [0, 0.1) is 12.3 Å². The van der Waals surface area contributed by atoms with Crippen molar-refractivity contribution in [2.45, 2.75) is 56.9 Å². The topological polar surface area (TPSA) is 87.5 Å². The molecule has 156 valence electrons. The van der Waals surface area contributed by atoms with Crippen LogP contribution in [0.3, 0.4) is 0 Å². The molecule has 2 saturated heterocycles. The Kier molecular flexibility index (Phi) is 5.04. The summed E-state index contributed by atoms with van der Waals surface area (Å²) >= 11 is 0. The van der Waals surface area contributed by atoms with Gasteiger partial charge in [0.25, 0.3) is 0 Å². The summed E-state index contributed by atoms with van der Waals surface area (Å²) in [7, 11) is 0.699. The lowest BCUT2D eigenvalue weighted by atomic mass is 9.68.